The molecule has 0 saturated heterocycles. The molecule has 0 aromatic carbocycles. The largest absolute Gasteiger partial charge is 0.475 e. The molecule has 1 unspecified atom stereocenters. The molecule has 0 aromatic heterocycles. The van der Waals surface area contributed by atoms with Gasteiger partial charge in [0.15, 0.2) is 5.76 Å². The van der Waals surface area contributed by atoms with Crippen LogP contribution < -0.4 is 0 Å². The summed E-state index contributed by atoms with van der Waals surface area (Å²) in [4.78, 5) is 9.69. The number of carbonyl (C=O) groups is 1. The highest BCUT2D eigenvalue weighted by atomic mass is 31.0. The van der Waals surface area contributed by atoms with Crippen LogP contribution >= 0.6 is 9.47 Å². The zero-order valence-electron chi connectivity index (χ0n) is 3.55. The third kappa shape index (κ3) is 2.18. The second-order valence-corrected chi connectivity index (χ2v) is 1.08. The molecule has 0 aliphatic rings. The standard InChI is InChI=1S/C3H5O3P/c1-2(6-7)3(4)5/h1,7H2,(H,4,5). The topological polar surface area (TPSA) is 46.5 Å². The maximum absolute atomic E-state index is 9.69. The van der Waals surface area contributed by atoms with Crippen LogP contribution in [0.5, 0.6) is 0 Å². The smallest absolute Gasteiger partial charge is 0.370 e. The quantitative estimate of drug-likeness (QED) is 0.325. The second kappa shape index (κ2) is 2.59. The van der Waals surface area contributed by atoms with Crippen LogP contribution in [-0.2, 0) is 9.32 Å². The van der Waals surface area contributed by atoms with E-state index in [4.69, 9.17) is 5.11 Å². The van der Waals surface area contributed by atoms with Crippen molar-refractivity contribution in [3.63, 3.8) is 0 Å². The molecule has 4 heteroatoms. The van der Waals surface area contributed by atoms with Gasteiger partial charge in [-0.1, -0.05) is 0 Å². The number of carboxylic acids is 1. The van der Waals surface area contributed by atoms with Crippen molar-refractivity contribution in [3.8, 4) is 0 Å². The summed E-state index contributed by atoms with van der Waals surface area (Å²) in [5.41, 5.74) is 0. The van der Waals surface area contributed by atoms with Gasteiger partial charge in [-0.25, -0.2) is 4.79 Å². The molecule has 0 bridgehead atoms. The lowest BCUT2D eigenvalue weighted by molar-refractivity contribution is -0.134. The molecule has 0 aliphatic carbocycles. The van der Waals surface area contributed by atoms with Gasteiger partial charge in [-0.05, 0) is 6.58 Å². The van der Waals surface area contributed by atoms with Crippen LogP contribution in [0.4, 0.5) is 0 Å². The van der Waals surface area contributed by atoms with Crippen molar-refractivity contribution in [2.24, 2.45) is 0 Å². The summed E-state index contributed by atoms with van der Waals surface area (Å²) in [5, 5.41) is 7.94. The van der Waals surface area contributed by atoms with Crippen LogP contribution in [0.1, 0.15) is 0 Å². The van der Waals surface area contributed by atoms with Gasteiger partial charge in [0, 0.05) is 0 Å². The first-order valence-electron chi connectivity index (χ1n) is 1.47. The first-order valence-corrected chi connectivity index (χ1v) is 1.94. The zero-order valence-corrected chi connectivity index (χ0v) is 4.70. The SMILES string of the molecule is C=C(OP)C(=O)O. The molecule has 0 aromatic rings. The molecule has 7 heavy (non-hydrogen) atoms. The van der Waals surface area contributed by atoms with Crippen molar-refractivity contribution >= 4 is 15.4 Å². The third-order valence-electron chi connectivity index (χ3n) is 0.381. The molecule has 0 rings (SSSR count). The Morgan fingerprint density at radius 2 is 2.29 bits per heavy atom. The molecule has 1 atom stereocenters. The fraction of sp³-hybridized carbons (Fsp3) is 0. The zero-order chi connectivity index (χ0) is 5.86. The minimum atomic E-state index is -1.14. The Labute approximate surface area is 43.3 Å². The molecule has 0 spiro atoms. The van der Waals surface area contributed by atoms with E-state index in [-0.39, 0.29) is 5.76 Å². The fourth-order valence-corrected chi connectivity index (χ4v) is 0.151. The van der Waals surface area contributed by atoms with Crippen molar-refractivity contribution in [1.29, 1.82) is 0 Å². The molecule has 0 heterocycles. The van der Waals surface area contributed by atoms with Gasteiger partial charge in [0.1, 0.15) is 0 Å². The minimum Gasteiger partial charge on any atom is -0.475 e. The Hall–Kier alpha value is -0.560. The lowest BCUT2D eigenvalue weighted by Gasteiger charge is -1.91. The summed E-state index contributed by atoms with van der Waals surface area (Å²) in [7, 11) is 1.78. The van der Waals surface area contributed by atoms with Crippen LogP contribution in [0.3, 0.4) is 0 Å². The Morgan fingerprint density at radius 3 is 2.29 bits per heavy atom. The van der Waals surface area contributed by atoms with Crippen LogP contribution in [0.25, 0.3) is 0 Å². The summed E-state index contributed by atoms with van der Waals surface area (Å²) in [5.74, 6) is -1.42. The first kappa shape index (κ1) is 6.44. The number of hydrogen-bond donors (Lipinski definition) is 1. The Kier molecular flexibility index (Phi) is 2.38. The van der Waals surface area contributed by atoms with E-state index in [1.54, 1.807) is 9.47 Å². The van der Waals surface area contributed by atoms with Crippen LogP contribution in [0, 0.1) is 0 Å². The van der Waals surface area contributed by atoms with Gasteiger partial charge >= 0.3 is 5.97 Å². The van der Waals surface area contributed by atoms with Gasteiger partial charge in [-0.15, -0.1) is 0 Å². The summed E-state index contributed by atoms with van der Waals surface area (Å²) in [6.45, 7) is 3.03. The average Bonchev–Trinajstić information content (AvgIpc) is 1.65. The highest BCUT2D eigenvalue weighted by molar-refractivity contribution is 7.10. The van der Waals surface area contributed by atoms with Gasteiger partial charge in [0.2, 0.25) is 0 Å². The van der Waals surface area contributed by atoms with Gasteiger partial charge in [-0.3, -0.25) is 0 Å². The normalized spacial score (nSPS) is 7.57. The van der Waals surface area contributed by atoms with Gasteiger partial charge in [-0.2, -0.15) is 0 Å². The fourth-order valence-electron chi connectivity index (χ4n) is 0.0504. The van der Waals surface area contributed by atoms with E-state index in [9.17, 15) is 4.79 Å². The summed E-state index contributed by atoms with van der Waals surface area (Å²) in [6, 6.07) is 0. The van der Waals surface area contributed by atoms with Crippen LogP contribution in [-0.4, -0.2) is 11.1 Å². The summed E-state index contributed by atoms with van der Waals surface area (Å²) < 4.78 is 4.13. The van der Waals surface area contributed by atoms with E-state index < -0.39 is 5.97 Å². The molecule has 1 N–H and O–H groups in total. The predicted molar refractivity (Wildman–Crippen MR) is 27.6 cm³/mol. The van der Waals surface area contributed by atoms with Gasteiger partial charge in [0.25, 0.3) is 0 Å². The molecular formula is C3H5O3P. The maximum atomic E-state index is 9.69. The van der Waals surface area contributed by atoms with E-state index >= 15 is 0 Å². The monoisotopic (exact) mass is 120 g/mol. The highest BCUT2D eigenvalue weighted by Gasteiger charge is 1.98. The average molecular weight is 120 g/mol. The second-order valence-electron chi connectivity index (χ2n) is 0.846. The van der Waals surface area contributed by atoms with Crippen LogP contribution in [0.2, 0.25) is 0 Å². The molecular weight excluding hydrogens is 115 g/mol. The van der Waals surface area contributed by atoms with E-state index in [1.165, 1.54) is 0 Å². The van der Waals surface area contributed by atoms with Crippen molar-refractivity contribution in [3.05, 3.63) is 12.3 Å². The van der Waals surface area contributed by atoms with Crippen molar-refractivity contribution in [2.45, 2.75) is 0 Å². The van der Waals surface area contributed by atoms with E-state index in [0.717, 1.165) is 0 Å². The Morgan fingerprint density at radius 1 is 1.86 bits per heavy atom. The number of hydrogen-bond acceptors (Lipinski definition) is 2. The molecule has 0 radical (unpaired) electrons. The van der Waals surface area contributed by atoms with E-state index in [1.807, 2.05) is 0 Å². The maximum Gasteiger partial charge on any atom is 0.370 e. The molecule has 0 saturated carbocycles. The lowest BCUT2D eigenvalue weighted by atomic mass is 10.6. The summed E-state index contributed by atoms with van der Waals surface area (Å²) >= 11 is 0. The van der Waals surface area contributed by atoms with Crippen molar-refractivity contribution in [1.82, 2.24) is 0 Å². The van der Waals surface area contributed by atoms with Crippen molar-refractivity contribution < 1.29 is 14.4 Å². The molecule has 40 valence electrons. The van der Waals surface area contributed by atoms with E-state index in [2.05, 4.69) is 11.1 Å². The molecule has 0 fully saturated rings. The van der Waals surface area contributed by atoms with Gasteiger partial charge < -0.3 is 9.63 Å². The predicted octanol–water partition coefficient (Wildman–Crippen LogP) is 0.391. The first-order chi connectivity index (χ1) is 3.18. The van der Waals surface area contributed by atoms with Gasteiger partial charge in [0.05, 0.1) is 9.47 Å². The number of aliphatic carboxylic acids is 1. The molecule has 0 amide bonds. The highest BCUT2D eigenvalue weighted by Crippen LogP contribution is 1.97. The molecule has 3 nitrogen and oxygen atoms in total. The summed E-state index contributed by atoms with van der Waals surface area (Å²) in [6.07, 6.45) is 0. The number of rotatable bonds is 2. The Bertz CT molecular complexity index is 98.4. The van der Waals surface area contributed by atoms with E-state index in [0.29, 0.717) is 0 Å². The third-order valence-corrected chi connectivity index (χ3v) is 0.665. The van der Waals surface area contributed by atoms with Crippen molar-refractivity contribution in [2.75, 3.05) is 0 Å². The Balaban J connectivity index is 3.58. The molecule has 0 aliphatic heterocycles. The minimum absolute atomic E-state index is 0.273. The lowest BCUT2D eigenvalue weighted by Crippen LogP contribution is -1.96. The number of carboxylic acid groups (broad SMARTS) is 1. The van der Waals surface area contributed by atoms with Crippen LogP contribution in [0.15, 0.2) is 12.3 Å².